The molecule has 1 aromatic heterocycles. The third-order valence-corrected chi connectivity index (χ3v) is 2.07. The molecule has 0 aromatic carbocycles. The fraction of sp³-hybridized carbons (Fsp3) is 0.636. The highest BCUT2D eigenvalue weighted by molar-refractivity contribution is 5.51. The molecular weight excluding hydrogens is 218 g/mol. The molecular formula is C11H21N5O. The van der Waals surface area contributed by atoms with Gasteiger partial charge in [-0.3, -0.25) is 0 Å². The van der Waals surface area contributed by atoms with Crippen LogP contribution < -0.4 is 16.4 Å². The molecule has 0 radical (unpaired) electrons. The number of anilines is 3. The van der Waals surface area contributed by atoms with Gasteiger partial charge in [-0.1, -0.05) is 0 Å². The van der Waals surface area contributed by atoms with Gasteiger partial charge in [0.1, 0.15) is 11.6 Å². The van der Waals surface area contributed by atoms with Gasteiger partial charge < -0.3 is 21.1 Å². The predicted octanol–water partition coefficient (Wildman–Crippen LogP) is 1.33. The molecule has 6 heteroatoms. The van der Waals surface area contributed by atoms with Gasteiger partial charge in [-0.05, 0) is 20.8 Å². The van der Waals surface area contributed by atoms with Gasteiger partial charge in [-0.15, -0.1) is 0 Å². The Morgan fingerprint density at radius 3 is 2.59 bits per heavy atom. The van der Waals surface area contributed by atoms with Crippen molar-refractivity contribution in [3.05, 3.63) is 6.07 Å². The van der Waals surface area contributed by atoms with Crippen LogP contribution >= 0.6 is 0 Å². The quantitative estimate of drug-likeness (QED) is 0.694. The Kier molecular flexibility index (Phi) is 4.51. The second-order valence-electron chi connectivity index (χ2n) is 4.47. The Morgan fingerprint density at radius 1 is 1.35 bits per heavy atom. The van der Waals surface area contributed by atoms with E-state index in [-0.39, 0.29) is 11.5 Å². The number of hydrogen-bond donors (Lipinski definition) is 3. The van der Waals surface area contributed by atoms with E-state index < -0.39 is 0 Å². The lowest BCUT2D eigenvalue weighted by molar-refractivity contribution is 0.158. The van der Waals surface area contributed by atoms with Gasteiger partial charge in [0.2, 0.25) is 5.95 Å². The molecule has 0 aliphatic heterocycles. The van der Waals surface area contributed by atoms with Crippen molar-refractivity contribution in [3.63, 3.8) is 0 Å². The second kappa shape index (κ2) is 5.67. The minimum absolute atomic E-state index is 0.209. The number of nitrogens with two attached hydrogens (primary N) is 1. The third-order valence-electron chi connectivity index (χ3n) is 2.07. The van der Waals surface area contributed by atoms with Crippen molar-refractivity contribution < 1.29 is 4.74 Å². The summed E-state index contributed by atoms with van der Waals surface area (Å²) in [6.45, 7) is 7.43. The lowest BCUT2D eigenvalue weighted by Gasteiger charge is -2.26. The van der Waals surface area contributed by atoms with Crippen LogP contribution in [0.4, 0.5) is 17.6 Å². The normalized spacial score (nSPS) is 11.3. The Bertz CT molecular complexity index is 367. The number of ether oxygens (including phenoxy) is 1. The van der Waals surface area contributed by atoms with Crippen molar-refractivity contribution in [2.45, 2.75) is 26.3 Å². The van der Waals surface area contributed by atoms with E-state index in [9.17, 15) is 0 Å². The molecule has 1 aromatic rings. The monoisotopic (exact) mass is 239 g/mol. The van der Waals surface area contributed by atoms with Gasteiger partial charge in [0.05, 0.1) is 12.1 Å². The SMILES string of the molecule is CCNc1cc(NC(C)(C)COC)nc(N)n1. The summed E-state index contributed by atoms with van der Waals surface area (Å²) in [6, 6.07) is 1.83. The van der Waals surface area contributed by atoms with Gasteiger partial charge in [0, 0.05) is 19.7 Å². The lowest BCUT2D eigenvalue weighted by Crippen LogP contribution is -2.36. The van der Waals surface area contributed by atoms with Crippen LogP contribution in [0.1, 0.15) is 20.8 Å². The van der Waals surface area contributed by atoms with Gasteiger partial charge in [0.25, 0.3) is 0 Å². The Labute approximate surface area is 102 Å². The van der Waals surface area contributed by atoms with Crippen molar-refractivity contribution in [2.75, 3.05) is 36.6 Å². The minimum atomic E-state index is -0.209. The number of aromatic nitrogens is 2. The lowest BCUT2D eigenvalue weighted by atomic mass is 10.1. The summed E-state index contributed by atoms with van der Waals surface area (Å²) in [6.07, 6.45) is 0. The highest BCUT2D eigenvalue weighted by Crippen LogP contribution is 2.17. The van der Waals surface area contributed by atoms with Gasteiger partial charge in [0.15, 0.2) is 0 Å². The fourth-order valence-corrected chi connectivity index (χ4v) is 1.55. The van der Waals surface area contributed by atoms with E-state index in [1.54, 1.807) is 7.11 Å². The number of nitrogen functional groups attached to an aromatic ring is 1. The average Bonchev–Trinajstić information content (AvgIpc) is 2.15. The highest BCUT2D eigenvalue weighted by atomic mass is 16.5. The summed E-state index contributed by atoms with van der Waals surface area (Å²) in [5.74, 6) is 1.66. The zero-order valence-corrected chi connectivity index (χ0v) is 10.9. The maximum Gasteiger partial charge on any atom is 0.223 e. The number of nitrogens with zero attached hydrogens (tertiary/aromatic N) is 2. The summed E-state index contributed by atoms with van der Waals surface area (Å²) in [7, 11) is 1.67. The zero-order chi connectivity index (χ0) is 12.9. The largest absolute Gasteiger partial charge is 0.382 e. The molecule has 0 saturated heterocycles. The van der Waals surface area contributed by atoms with E-state index in [1.165, 1.54) is 0 Å². The first-order valence-electron chi connectivity index (χ1n) is 5.62. The molecule has 1 heterocycles. The molecule has 0 spiro atoms. The minimum Gasteiger partial charge on any atom is -0.382 e. The molecule has 4 N–H and O–H groups in total. The number of rotatable bonds is 6. The van der Waals surface area contributed by atoms with Crippen LogP contribution in [0.5, 0.6) is 0 Å². The van der Waals surface area contributed by atoms with E-state index >= 15 is 0 Å². The smallest absolute Gasteiger partial charge is 0.223 e. The first-order chi connectivity index (χ1) is 7.96. The van der Waals surface area contributed by atoms with Gasteiger partial charge in [-0.25, -0.2) is 0 Å². The van der Waals surface area contributed by atoms with Crippen LogP contribution in [0.2, 0.25) is 0 Å². The van der Waals surface area contributed by atoms with Crippen molar-refractivity contribution in [1.29, 1.82) is 0 Å². The van der Waals surface area contributed by atoms with Gasteiger partial charge in [-0.2, -0.15) is 9.97 Å². The molecule has 0 unspecified atom stereocenters. The molecule has 0 aliphatic carbocycles. The van der Waals surface area contributed by atoms with Crippen LogP contribution in [0.3, 0.4) is 0 Å². The van der Waals surface area contributed by atoms with E-state index in [1.807, 2.05) is 26.8 Å². The highest BCUT2D eigenvalue weighted by Gasteiger charge is 2.18. The van der Waals surface area contributed by atoms with E-state index in [0.717, 1.165) is 12.4 Å². The van der Waals surface area contributed by atoms with Crippen molar-refractivity contribution in [2.24, 2.45) is 0 Å². The molecule has 0 fully saturated rings. The number of nitrogens with one attached hydrogen (secondary N) is 2. The summed E-state index contributed by atoms with van der Waals surface area (Å²) in [5, 5.41) is 6.37. The molecule has 0 saturated carbocycles. The Balaban J connectivity index is 2.83. The molecule has 1 rings (SSSR count). The van der Waals surface area contributed by atoms with Crippen LogP contribution in [0.25, 0.3) is 0 Å². The van der Waals surface area contributed by atoms with Crippen molar-refractivity contribution in [1.82, 2.24) is 9.97 Å². The van der Waals surface area contributed by atoms with Crippen LogP contribution in [-0.2, 0) is 4.74 Å². The summed E-state index contributed by atoms with van der Waals surface area (Å²) in [4.78, 5) is 8.23. The summed E-state index contributed by atoms with van der Waals surface area (Å²) < 4.78 is 5.13. The van der Waals surface area contributed by atoms with Crippen LogP contribution in [0, 0.1) is 0 Å². The van der Waals surface area contributed by atoms with E-state index in [0.29, 0.717) is 12.4 Å². The standard InChI is InChI=1S/C11H21N5O/c1-5-13-8-6-9(15-10(12)14-8)16-11(2,3)7-17-4/h6H,5,7H2,1-4H3,(H4,12,13,14,15,16). The number of hydrogen-bond acceptors (Lipinski definition) is 6. The second-order valence-corrected chi connectivity index (χ2v) is 4.47. The topological polar surface area (TPSA) is 85.1 Å². The fourth-order valence-electron chi connectivity index (χ4n) is 1.55. The van der Waals surface area contributed by atoms with Crippen LogP contribution in [0.15, 0.2) is 6.07 Å². The first-order valence-corrected chi connectivity index (χ1v) is 5.62. The number of methoxy groups -OCH3 is 1. The molecule has 96 valence electrons. The van der Waals surface area contributed by atoms with Crippen LogP contribution in [-0.4, -0.2) is 35.8 Å². The van der Waals surface area contributed by atoms with Gasteiger partial charge >= 0.3 is 0 Å². The molecule has 6 nitrogen and oxygen atoms in total. The molecule has 17 heavy (non-hydrogen) atoms. The van der Waals surface area contributed by atoms with Crippen molar-refractivity contribution >= 4 is 17.6 Å². The van der Waals surface area contributed by atoms with E-state index in [2.05, 4.69) is 20.6 Å². The maximum atomic E-state index is 5.65. The average molecular weight is 239 g/mol. The van der Waals surface area contributed by atoms with Crippen molar-refractivity contribution in [3.8, 4) is 0 Å². The molecule has 0 aliphatic rings. The zero-order valence-electron chi connectivity index (χ0n) is 10.9. The molecule has 0 bridgehead atoms. The maximum absolute atomic E-state index is 5.65. The third kappa shape index (κ3) is 4.44. The Hall–Kier alpha value is -1.56. The first kappa shape index (κ1) is 13.5. The molecule has 0 amide bonds. The van der Waals surface area contributed by atoms with E-state index in [4.69, 9.17) is 10.5 Å². The summed E-state index contributed by atoms with van der Waals surface area (Å²) >= 11 is 0. The predicted molar refractivity (Wildman–Crippen MR) is 70.2 cm³/mol. The summed E-state index contributed by atoms with van der Waals surface area (Å²) in [5.41, 5.74) is 5.44. The molecule has 0 atom stereocenters. The Morgan fingerprint density at radius 2 is 2.00 bits per heavy atom.